The largest absolute Gasteiger partial charge is 0.250 e. The number of benzene rings is 1. The number of rotatable bonds is 1. The third-order valence-corrected chi connectivity index (χ3v) is 2.87. The fourth-order valence-corrected chi connectivity index (χ4v) is 2.00. The van der Waals surface area contributed by atoms with Gasteiger partial charge in [-0.05, 0) is 43.4 Å². The van der Waals surface area contributed by atoms with Crippen molar-refractivity contribution >= 4 is 11.0 Å². The summed E-state index contributed by atoms with van der Waals surface area (Å²) < 4.78 is 0. The fraction of sp³-hybridized carbons (Fsp3) is 0.467. The van der Waals surface area contributed by atoms with Crippen molar-refractivity contribution in [3.05, 3.63) is 35.2 Å². The summed E-state index contributed by atoms with van der Waals surface area (Å²) in [5.41, 5.74) is 5.68. The van der Waals surface area contributed by atoms with Crippen LogP contribution in [0.15, 0.2) is 18.2 Å². The maximum atomic E-state index is 4.60. The molecule has 0 unspecified atom stereocenters. The molecule has 1 aromatic heterocycles. The Labute approximate surface area is 103 Å². The standard InChI is InChI=1S/C15H20N2/c1-10-11(2)17-14-8-12(9-15(3,4)5)6-7-13(14)16-10/h6-8H,9H2,1-5H3. The number of hydrogen-bond donors (Lipinski definition) is 0. The number of aromatic nitrogens is 2. The van der Waals surface area contributed by atoms with Crippen LogP contribution >= 0.6 is 0 Å². The Kier molecular flexibility index (Phi) is 2.90. The lowest BCUT2D eigenvalue weighted by atomic mass is 9.88. The molecule has 0 bridgehead atoms. The average molecular weight is 228 g/mol. The van der Waals surface area contributed by atoms with Gasteiger partial charge < -0.3 is 0 Å². The SMILES string of the molecule is Cc1nc2ccc(CC(C)(C)C)cc2nc1C. The summed E-state index contributed by atoms with van der Waals surface area (Å²) in [6.07, 6.45) is 1.07. The Morgan fingerprint density at radius 2 is 1.53 bits per heavy atom. The molecule has 0 N–H and O–H groups in total. The van der Waals surface area contributed by atoms with Gasteiger partial charge in [0.1, 0.15) is 0 Å². The Morgan fingerprint density at radius 1 is 0.941 bits per heavy atom. The van der Waals surface area contributed by atoms with Crippen LogP contribution in [0.2, 0.25) is 0 Å². The van der Waals surface area contributed by atoms with Gasteiger partial charge in [0.25, 0.3) is 0 Å². The molecule has 0 spiro atoms. The molecule has 2 rings (SSSR count). The Morgan fingerprint density at radius 3 is 2.12 bits per heavy atom. The maximum Gasteiger partial charge on any atom is 0.0892 e. The van der Waals surface area contributed by atoms with Gasteiger partial charge >= 0.3 is 0 Å². The van der Waals surface area contributed by atoms with Gasteiger partial charge in [-0.1, -0.05) is 26.8 Å². The van der Waals surface area contributed by atoms with Crippen LogP contribution in [0.3, 0.4) is 0 Å². The molecule has 0 radical (unpaired) electrons. The van der Waals surface area contributed by atoms with E-state index in [0.717, 1.165) is 28.8 Å². The lowest BCUT2D eigenvalue weighted by Crippen LogP contribution is -2.09. The number of aryl methyl sites for hydroxylation is 2. The van der Waals surface area contributed by atoms with E-state index in [1.54, 1.807) is 0 Å². The number of fused-ring (bicyclic) bond motifs is 1. The molecular weight excluding hydrogens is 208 g/mol. The molecule has 1 heterocycles. The molecule has 2 nitrogen and oxygen atoms in total. The molecule has 0 fully saturated rings. The molecule has 0 amide bonds. The molecule has 0 aliphatic carbocycles. The van der Waals surface area contributed by atoms with Gasteiger partial charge in [0, 0.05) is 0 Å². The Hall–Kier alpha value is -1.44. The van der Waals surface area contributed by atoms with Crippen molar-refractivity contribution in [1.29, 1.82) is 0 Å². The highest BCUT2D eigenvalue weighted by Crippen LogP contribution is 2.22. The van der Waals surface area contributed by atoms with Crippen LogP contribution in [0, 0.1) is 19.3 Å². The van der Waals surface area contributed by atoms with Crippen LogP contribution < -0.4 is 0 Å². The van der Waals surface area contributed by atoms with Crippen LogP contribution in [0.25, 0.3) is 11.0 Å². The minimum absolute atomic E-state index is 0.306. The molecule has 0 atom stereocenters. The Bertz CT molecular complexity index is 551. The van der Waals surface area contributed by atoms with E-state index in [0.29, 0.717) is 5.41 Å². The number of nitrogens with zero attached hydrogens (tertiary/aromatic N) is 2. The summed E-state index contributed by atoms with van der Waals surface area (Å²) in [7, 11) is 0. The van der Waals surface area contributed by atoms with Gasteiger partial charge in [-0.3, -0.25) is 0 Å². The second-order valence-corrected chi connectivity index (χ2v) is 5.95. The predicted octanol–water partition coefficient (Wildman–Crippen LogP) is 3.84. The first-order valence-corrected chi connectivity index (χ1v) is 6.09. The summed E-state index contributed by atoms with van der Waals surface area (Å²) in [5, 5.41) is 0. The highest BCUT2D eigenvalue weighted by Gasteiger charge is 2.12. The summed E-state index contributed by atoms with van der Waals surface area (Å²) in [6.45, 7) is 10.8. The molecule has 0 saturated heterocycles. The normalized spacial score (nSPS) is 12.1. The molecular formula is C15H20N2. The zero-order valence-electron chi connectivity index (χ0n) is 11.3. The first-order valence-electron chi connectivity index (χ1n) is 6.09. The maximum absolute atomic E-state index is 4.60. The zero-order valence-corrected chi connectivity index (χ0v) is 11.3. The van der Waals surface area contributed by atoms with Crippen molar-refractivity contribution in [3.63, 3.8) is 0 Å². The molecule has 90 valence electrons. The molecule has 0 aliphatic heterocycles. The molecule has 0 aliphatic rings. The first-order chi connectivity index (χ1) is 7.85. The summed E-state index contributed by atoms with van der Waals surface area (Å²) in [4.78, 5) is 9.15. The summed E-state index contributed by atoms with van der Waals surface area (Å²) in [5.74, 6) is 0. The fourth-order valence-electron chi connectivity index (χ4n) is 2.00. The molecule has 0 saturated carbocycles. The van der Waals surface area contributed by atoms with Crippen molar-refractivity contribution in [1.82, 2.24) is 9.97 Å². The Balaban J connectivity index is 2.47. The number of hydrogen-bond acceptors (Lipinski definition) is 2. The second kappa shape index (κ2) is 4.10. The summed E-state index contributed by atoms with van der Waals surface area (Å²) >= 11 is 0. The van der Waals surface area contributed by atoms with E-state index < -0.39 is 0 Å². The zero-order chi connectivity index (χ0) is 12.6. The average Bonchev–Trinajstić information content (AvgIpc) is 2.18. The third-order valence-electron chi connectivity index (χ3n) is 2.87. The van der Waals surface area contributed by atoms with E-state index in [4.69, 9.17) is 0 Å². The van der Waals surface area contributed by atoms with E-state index in [2.05, 4.69) is 48.9 Å². The van der Waals surface area contributed by atoms with E-state index in [1.807, 2.05) is 13.8 Å². The topological polar surface area (TPSA) is 25.8 Å². The van der Waals surface area contributed by atoms with Crippen molar-refractivity contribution in [3.8, 4) is 0 Å². The van der Waals surface area contributed by atoms with E-state index in [9.17, 15) is 0 Å². The van der Waals surface area contributed by atoms with Gasteiger partial charge in [0.2, 0.25) is 0 Å². The van der Waals surface area contributed by atoms with Crippen LogP contribution in [0.5, 0.6) is 0 Å². The minimum Gasteiger partial charge on any atom is -0.250 e. The lowest BCUT2D eigenvalue weighted by Gasteiger charge is -2.18. The molecule has 1 aromatic carbocycles. The van der Waals surface area contributed by atoms with Gasteiger partial charge in [-0.2, -0.15) is 0 Å². The van der Waals surface area contributed by atoms with Gasteiger partial charge in [0.05, 0.1) is 22.4 Å². The van der Waals surface area contributed by atoms with Gasteiger partial charge in [0.15, 0.2) is 0 Å². The van der Waals surface area contributed by atoms with Crippen LogP contribution in [-0.4, -0.2) is 9.97 Å². The van der Waals surface area contributed by atoms with Crippen LogP contribution in [-0.2, 0) is 6.42 Å². The van der Waals surface area contributed by atoms with Crippen LogP contribution in [0.4, 0.5) is 0 Å². The summed E-state index contributed by atoms with van der Waals surface area (Å²) in [6, 6.07) is 6.41. The highest BCUT2D eigenvalue weighted by atomic mass is 14.8. The quantitative estimate of drug-likeness (QED) is 0.741. The van der Waals surface area contributed by atoms with Crippen molar-refractivity contribution in [2.24, 2.45) is 5.41 Å². The van der Waals surface area contributed by atoms with Crippen LogP contribution in [0.1, 0.15) is 37.7 Å². The van der Waals surface area contributed by atoms with E-state index in [1.165, 1.54) is 5.56 Å². The molecule has 2 heteroatoms. The monoisotopic (exact) mass is 228 g/mol. The van der Waals surface area contributed by atoms with Crippen molar-refractivity contribution < 1.29 is 0 Å². The predicted molar refractivity (Wildman–Crippen MR) is 72.2 cm³/mol. The van der Waals surface area contributed by atoms with Crippen molar-refractivity contribution in [2.75, 3.05) is 0 Å². The second-order valence-electron chi connectivity index (χ2n) is 5.95. The van der Waals surface area contributed by atoms with Crippen molar-refractivity contribution in [2.45, 2.75) is 41.0 Å². The highest BCUT2D eigenvalue weighted by molar-refractivity contribution is 5.75. The van der Waals surface area contributed by atoms with E-state index >= 15 is 0 Å². The first kappa shape index (κ1) is 12.0. The smallest absolute Gasteiger partial charge is 0.0892 e. The van der Waals surface area contributed by atoms with Gasteiger partial charge in [-0.25, -0.2) is 9.97 Å². The molecule has 17 heavy (non-hydrogen) atoms. The molecule has 2 aromatic rings. The van der Waals surface area contributed by atoms with Gasteiger partial charge in [-0.15, -0.1) is 0 Å². The van der Waals surface area contributed by atoms with E-state index in [-0.39, 0.29) is 0 Å². The lowest BCUT2D eigenvalue weighted by molar-refractivity contribution is 0.411. The third kappa shape index (κ3) is 2.82. The minimum atomic E-state index is 0.306.